The maximum absolute atomic E-state index is 9.67. The number of aliphatic hydroxyl groups excluding tert-OH is 1. The summed E-state index contributed by atoms with van der Waals surface area (Å²) in [6, 6.07) is 10.6. The van der Waals surface area contributed by atoms with Crippen molar-refractivity contribution >= 4 is 19.4 Å². The van der Waals surface area contributed by atoms with Crippen LogP contribution in [0.15, 0.2) is 30.3 Å². The molecule has 1 aliphatic rings. The average Bonchev–Trinajstić information content (AvgIpc) is 2.54. The SMILES string of the molecule is O[C@H]1CCC[C@@H]1[Se]c1ccccc1. The summed E-state index contributed by atoms with van der Waals surface area (Å²) >= 11 is 0.469. The van der Waals surface area contributed by atoms with E-state index in [4.69, 9.17) is 0 Å². The summed E-state index contributed by atoms with van der Waals surface area (Å²) < 4.78 is 1.42. The molecule has 0 radical (unpaired) electrons. The van der Waals surface area contributed by atoms with Crippen molar-refractivity contribution in [2.24, 2.45) is 0 Å². The topological polar surface area (TPSA) is 20.2 Å². The third-order valence-electron chi connectivity index (χ3n) is 2.45. The van der Waals surface area contributed by atoms with E-state index in [1.165, 1.54) is 17.3 Å². The fraction of sp³-hybridized carbons (Fsp3) is 0.455. The van der Waals surface area contributed by atoms with E-state index in [2.05, 4.69) is 24.3 Å². The monoisotopic (exact) mass is 242 g/mol. The molecule has 2 heteroatoms. The second kappa shape index (κ2) is 4.28. The van der Waals surface area contributed by atoms with Gasteiger partial charge in [0.2, 0.25) is 0 Å². The van der Waals surface area contributed by atoms with Gasteiger partial charge in [0.1, 0.15) is 0 Å². The van der Waals surface area contributed by atoms with Gasteiger partial charge < -0.3 is 0 Å². The summed E-state index contributed by atoms with van der Waals surface area (Å²) in [4.78, 5) is 0.565. The minimum absolute atomic E-state index is 0.0276. The normalized spacial score (nSPS) is 27.8. The standard InChI is InChI=1S/C11H14OSe/c12-10-7-4-8-11(10)13-9-5-2-1-3-6-9/h1-3,5-6,10-12H,4,7-8H2/t10-,11-/m0/s1. The molecule has 0 heterocycles. The molecule has 13 heavy (non-hydrogen) atoms. The molecule has 1 nitrogen and oxygen atoms in total. The Kier molecular flexibility index (Phi) is 3.05. The van der Waals surface area contributed by atoms with Gasteiger partial charge in [-0.2, -0.15) is 0 Å². The molecule has 0 aromatic heterocycles. The van der Waals surface area contributed by atoms with Gasteiger partial charge >= 0.3 is 85.0 Å². The van der Waals surface area contributed by atoms with Crippen molar-refractivity contribution in [1.82, 2.24) is 0 Å². The van der Waals surface area contributed by atoms with Crippen LogP contribution in [-0.2, 0) is 0 Å². The molecule has 1 aromatic rings. The Bertz CT molecular complexity index is 260. The van der Waals surface area contributed by atoms with E-state index < -0.39 is 0 Å². The first-order chi connectivity index (χ1) is 6.36. The molecule has 2 rings (SSSR count). The number of benzene rings is 1. The third-order valence-corrected chi connectivity index (χ3v) is 5.38. The van der Waals surface area contributed by atoms with E-state index in [9.17, 15) is 5.11 Å². The Morgan fingerprint density at radius 2 is 1.92 bits per heavy atom. The zero-order valence-electron chi connectivity index (χ0n) is 7.52. The van der Waals surface area contributed by atoms with Crippen LogP contribution in [0.2, 0.25) is 4.82 Å². The molecule has 0 bridgehead atoms. The van der Waals surface area contributed by atoms with Gasteiger partial charge in [-0.3, -0.25) is 0 Å². The first-order valence-electron chi connectivity index (χ1n) is 4.76. The van der Waals surface area contributed by atoms with Crippen LogP contribution in [-0.4, -0.2) is 26.2 Å². The summed E-state index contributed by atoms with van der Waals surface area (Å²) in [6.07, 6.45) is 3.41. The van der Waals surface area contributed by atoms with E-state index in [0.29, 0.717) is 19.8 Å². The zero-order valence-corrected chi connectivity index (χ0v) is 9.23. The van der Waals surface area contributed by atoms with Gasteiger partial charge in [-0.1, -0.05) is 0 Å². The molecule has 0 saturated heterocycles. The molecule has 2 atom stereocenters. The molecular formula is C11H14OSe. The van der Waals surface area contributed by atoms with Crippen molar-refractivity contribution in [3.63, 3.8) is 0 Å². The van der Waals surface area contributed by atoms with Gasteiger partial charge in [0.25, 0.3) is 0 Å². The summed E-state index contributed by atoms with van der Waals surface area (Å²) in [5, 5.41) is 9.67. The van der Waals surface area contributed by atoms with E-state index in [1.54, 1.807) is 0 Å². The Morgan fingerprint density at radius 3 is 2.54 bits per heavy atom. The van der Waals surface area contributed by atoms with Crippen LogP contribution in [0.25, 0.3) is 0 Å². The Labute approximate surface area is 85.3 Å². The number of aliphatic hydroxyl groups is 1. The van der Waals surface area contributed by atoms with Crippen LogP contribution in [0, 0.1) is 0 Å². The molecule has 1 fully saturated rings. The summed E-state index contributed by atoms with van der Waals surface area (Å²) in [6.45, 7) is 0. The van der Waals surface area contributed by atoms with Crippen LogP contribution >= 0.6 is 0 Å². The van der Waals surface area contributed by atoms with Gasteiger partial charge in [0.05, 0.1) is 0 Å². The number of hydrogen-bond acceptors (Lipinski definition) is 1. The third kappa shape index (κ3) is 2.34. The average molecular weight is 241 g/mol. The van der Waals surface area contributed by atoms with E-state index in [1.807, 2.05) is 6.07 Å². The Morgan fingerprint density at radius 1 is 1.15 bits per heavy atom. The molecule has 0 unspecified atom stereocenters. The molecule has 0 aliphatic heterocycles. The molecular weight excluding hydrogens is 227 g/mol. The molecule has 0 spiro atoms. The molecule has 1 N–H and O–H groups in total. The maximum atomic E-state index is 9.67. The number of hydrogen-bond donors (Lipinski definition) is 1. The van der Waals surface area contributed by atoms with Gasteiger partial charge in [-0.25, -0.2) is 0 Å². The first kappa shape index (κ1) is 9.26. The molecule has 70 valence electrons. The summed E-state index contributed by atoms with van der Waals surface area (Å²) in [5.74, 6) is 0. The van der Waals surface area contributed by atoms with Crippen LogP contribution in [0.3, 0.4) is 0 Å². The van der Waals surface area contributed by atoms with Gasteiger partial charge in [0, 0.05) is 0 Å². The van der Waals surface area contributed by atoms with E-state index in [-0.39, 0.29) is 6.10 Å². The number of rotatable bonds is 2. The van der Waals surface area contributed by atoms with Gasteiger partial charge in [-0.05, 0) is 0 Å². The summed E-state index contributed by atoms with van der Waals surface area (Å²) in [5.41, 5.74) is 0. The first-order valence-corrected chi connectivity index (χ1v) is 6.60. The van der Waals surface area contributed by atoms with Gasteiger partial charge in [0.15, 0.2) is 0 Å². The van der Waals surface area contributed by atoms with Crippen molar-refractivity contribution in [2.45, 2.75) is 30.2 Å². The van der Waals surface area contributed by atoms with Crippen LogP contribution in [0.1, 0.15) is 19.3 Å². The fourth-order valence-corrected chi connectivity index (χ4v) is 4.32. The predicted molar refractivity (Wildman–Crippen MR) is 55.4 cm³/mol. The minimum atomic E-state index is -0.0276. The second-order valence-electron chi connectivity index (χ2n) is 3.47. The zero-order chi connectivity index (χ0) is 9.10. The van der Waals surface area contributed by atoms with Crippen molar-refractivity contribution < 1.29 is 5.11 Å². The van der Waals surface area contributed by atoms with Crippen LogP contribution < -0.4 is 4.46 Å². The molecule has 1 aliphatic carbocycles. The van der Waals surface area contributed by atoms with Crippen molar-refractivity contribution in [3.8, 4) is 0 Å². The van der Waals surface area contributed by atoms with Crippen LogP contribution in [0.5, 0.6) is 0 Å². The molecule has 1 aromatic carbocycles. The summed E-state index contributed by atoms with van der Waals surface area (Å²) in [7, 11) is 0. The van der Waals surface area contributed by atoms with Gasteiger partial charge in [-0.15, -0.1) is 0 Å². The van der Waals surface area contributed by atoms with E-state index in [0.717, 1.165) is 6.42 Å². The quantitative estimate of drug-likeness (QED) is 0.775. The van der Waals surface area contributed by atoms with Crippen molar-refractivity contribution in [1.29, 1.82) is 0 Å². The van der Waals surface area contributed by atoms with Crippen LogP contribution in [0.4, 0.5) is 0 Å². The molecule has 1 saturated carbocycles. The van der Waals surface area contributed by atoms with E-state index >= 15 is 0 Å². The second-order valence-corrected chi connectivity index (χ2v) is 6.22. The van der Waals surface area contributed by atoms with Crippen molar-refractivity contribution in [2.75, 3.05) is 0 Å². The van der Waals surface area contributed by atoms with Crippen molar-refractivity contribution in [3.05, 3.63) is 30.3 Å². The fourth-order valence-electron chi connectivity index (χ4n) is 1.72. The Balaban J connectivity index is 1.98. The molecule has 0 amide bonds. The Hall–Kier alpha value is -0.301. The predicted octanol–water partition coefficient (Wildman–Crippen LogP) is 1.35.